The molecule has 0 radical (unpaired) electrons. The Morgan fingerprint density at radius 3 is 2.79 bits per heavy atom. The number of halogens is 2. The first-order valence-electron chi connectivity index (χ1n) is 5.36. The van der Waals surface area contributed by atoms with Gasteiger partial charge in [-0.05, 0) is 40.5 Å². The fraction of sp³-hybridized carbons (Fsp3) is 0.364. The Labute approximate surface area is 119 Å². The highest BCUT2D eigenvalue weighted by atomic mass is 79.9. The van der Waals surface area contributed by atoms with Gasteiger partial charge in [0, 0.05) is 10.9 Å². The molecule has 0 bridgehead atoms. The molecule has 0 fully saturated rings. The number of sulfonamides is 1. The lowest BCUT2D eigenvalue weighted by Gasteiger charge is -2.09. The molecule has 0 heterocycles. The fourth-order valence-corrected chi connectivity index (χ4v) is 2.91. The molecule has 0 aromatic heterocycles. The quantitative estimate of drug-likeness (QED) is 0.796. The zero-order valence-corrected chi connectivity index (χ0v) is 12.6. The normalized spacial score (nSPS) is 11.1. The highest BCUT2D eigenvalue weighted by Gasteiger charge is 2.14. The van der Waals surface area contributed by atoms with Crippen molar-refractivity contribution in [2.75, 3.05) is 17.6 Å². The lowest BCUT2D eigenvalue weighted by atomic mass is 10.3. The van der Waals surface area contributed by atoms with Gasteiger partial charge >= 0.3 is 5.97 Å². The average molecular weight is 354 g/mol. The van der Waals surface area contributed by atoms with Crippen LogP contribution in [0.5, 0.6) is 0 Å². The molecule has 106 valence electrons. The van der Waals surface area contributed by atoms with Crippen molar-refractivity contribution in [1.29, 1.82) is 0 Å². The maximum atomic E-state index is 13.0. The van der Waals surface area contributed by atoms with Crippen LogP contribution >= 0.6 is 15.9 Å². The zero-order valence-electron chi connectivity index (χ0n) is 10.2. The van der Waals surface area contributed by atoms with Crippen LogP contribution in [0.15, 0.2) is 22.7 Å². The first-order valence-corrected chi connectivity index (χ1v) is 7.81. The van der Waals surface area contributed by atoms with E-state index in [4.69, 9.17) is 0 Å². The third-order valence-electron chi connectivity index (χ3n) is 2.22. The summed E-state index contributed by atoms with van der Waals surface area (Å²) in [4.78, 5) is 10.9. The summed E-state index contributed by atoms with van der Waals surface area (Å²) in [5, 5.41) is 0. The van der Waals surface area contributed by atoms with E-state index in [1.165, 1.54) is 19.2 Å². The highest BCUT2D eigenvalue weighted by Crippen LogP contribution is 2.24. The number of hydrogen-bond donors (Lipinski definition) is 1. The second-order valence-electron chi connectivity index (χ2n) is 3.72. The molecule has 0 saturated heterocycles. The second kappa shape index (κ2) is 6.85. The van der Waals surface area contributed by atoms with Gasteiger partial charge in [-0.3, -0.25) is 9.52 Å². The van der Waals surface area contributed by atoms with E-state index in [0.29, 0.717) is 4.47 Å². The van der Waals surface area contributed by atoms with Crippen molar-refractivity contribution in [1.82, 2.24) is 0 Å². The molecule has 0 aliphatic carbocycles. The smallest absolute Gasteiger partial charge is 0.305 e. The van der Waals surface area contributed by atoms with Crippen LogP contribution in [0.4, 0.5) is 10.1 Å². The first-order chi connectivity index (χ1) is 8.84. The molecule has 0 aliphatic rings. The van der Waals surface area contributed by atoms with Crippen molar-refractivity contribution in [3.8, 4) is 0 Å². The molecule has 0 amide bonds. The Balaban J connectivity index is 2.64. The lowest BCUT2D eigenvalue weighted by molar-refractivity contribution is -0.140. The summed E-state index contributed by atoms with van der Waals surface area (Å²) in [6.07, 6.45) is 0.149. The van der Waals surface area contributed by atoms with Crippen LogP contribution in [-0.4, -0.2) is 27.2 Å². The Bertz CT molecular complexity index is 562. The summed E-state index contributed by atoms with van der Waals surface area (Å²) in [5.74, 6) is -1.26. The van der Waals surface area contributed by atoms with E-state index >= 15 is 0 Å². The predicted molar refractivity (Wildman–Crippen MR) is 72.8 cm³/mol. The number of hydrogen-bond acceptors (Lipinski definition) is 4. The SMILES string of the molecule is COC(=O)CCCS(=O)(=O)Nc1cc(F)ccc1Br. The summed E-state index contributed by atoms with van der Waals surface area (Å²) in [6.45, 7) is 0. The van der Waals surface area contributed by atoms with E-state index in [0.717, 1.165) is 6.07 Å². The zero-order chi connectivity index (χ0) is 14.5. The highest BCUT2D eigenvalue weighted by molar-refractivity contribution is 9.10. The molecule has 1 N–H and O–H groups in total. The maximum absolute atomic E-state index is 13.0. The summed E-state index contributed by atoms with van der Waals surface area (Å²) in [5.41, 5.74) is 0.123. The van der Waals surface area contributed by atoms with Crippen LogP contribution in [0, 0.1) is 5.82 Å². The molecule has 0 saturated carbocycles. The van der Waals surface area contributed by atoms with Gasteiger partial charge in [-0.2, -0.15) is 0 Å². The van der Waals surface area contributed by atoms with Gasteiger partial charge in [-0.25, -0.2) is 12.8 Å². The van der Waals surface area contributed by atoms with Gasteiger partial charge in [0.2, 0.25) is 10.0 Å². The summed E-state index contributed by atoms with van der Waals surface area (Å²) in [7, 11) is -2.40. The minimum absolute atomic E-state index is 0.0156. The second-order valence-corrected chi connectivity index (χ2v) is 6.42. The van der Waals surface area contributed by atoms with Crippen molar-refractivity contribution in [2.24, 2.45) is 0 Å². The molecule has 19 heavy (non-hydrogen) atoms. The summed E-state index contributed by atoms with van der Waals surface area (Å²) >= 11 is 3.12. The van der Waals surface area contributed by atoms with Crippen LogP contribution in [0.1, 0.15) is 12.8 Å². The molecule has 0 unspecified atom stereocenters. The van der Waals surface area contributed by atoms with E-state index < -0.39 is 21.8 Å². The number of esters is 1. The van der Waals surface area contributed by atoms with E-state index in [-0.39, 0.29) is 24.3 Å². The van der Waals surface area contributed by atoms with Crippen LogP contribution in [0.3, 0.4) is 0 Å². The number of ether oxygens (including phenoxy) is 1. The number of carbonyl (C=O) groups excluding carboxylic acids is 1. The van der Waals surface area contributed by atoms with Crippen molar-refractivity contribution in [2.45, 2.75) is 12.8 Å². The largest absolute Gasteiger partial charge is 0.469 e. The number of rotatable bonds is 6. The van der Waals surface area contributed by atoms with Crippen molar-refractivity contribution in [3.05, 3.63) is 28.5 Å². The Morgan fingerprint density at radius 1 is 1.47 bits per heavy atom. The van der Waals surface area contributed by atoms with Crippen LogP contribution in [-0.2, 0) is 19.6 Å². The molecule has 8 heteroatoms. The van der Waals surface area contributed by atoms with Crippen molar-refractivity contribution < 1.29 is 22.3 Å². The van der Waals surface area contributed by atoms with E-state index in [1.807, 2.05) is 0 Å². The molecule has 1 aromatic carbocycles. The van der Waals surface area contributed by atoms with Gasteiger partial charge in [-0.15, -0.1) is 0 Å². The van der Waals surface area contributed by atoms with Crippen LogP contribution < -0.4 is 4.72 Å². The third-order valence-corrected chi connectivity index (χ3v) is 4.26. The molecule has 5 nitrogen and oxygen atoms in total. The monoisotopic (exact) mass is 353 g/mol. The molecular formula is C11H13BrFNO4S. The minimum atomic E-state index is -3.63. The van der Waals surface area contributed by atoms with Gasteiger partial charge in [0.05, 0.1) is 18.6 Å². The van der Waals surface area contributed by atoms with Gasteiger partial charge in [0.25, 0.3) is 0 Å². The van der Waals surface area contributed by atoms with E-state index in [2.05, 4.69) is 25.4 Å². The molecule has 0 atom stereocenters. The Morgan fingerprint density at radius 2 is 2.16 bits per heavy atom. The third kappa shape index (κ3) is 5.56. The molecule has 1 rings (SSSR count). The van der Waals surface area contributed by atoms with Gasteiger partial charge in [0.15, 0.2) is 0 Å². The maximum Gasteiger partial charge on any atom is 0.305 e. The number of nitrogens with one attached hydrogen (secondary N) is 1. The Kier molecular flexibility index (Phi) is 5.74. The summed E-state index contributed by atoms with van der Waals surface area (Å²) in [6, 6.07) is 3.68. The van der Waals surface area contributed by atoms with Gasteiger partial charge < -0.3 is 4.74 Å². The molecular weight excluding hydrogens is 341 g/mol. The minimum Gasteiger partial charge on any atom is -0.469 e. The molecule has 1 aromatic rings. The van der Waals surface area contributed by atoms with E-state index in [9.17, 15) is 17.6 Å². The topological polar surface area (TPSA) is 72.5 Å². The van der Waals surface area contributed by atoms with Crippen molar-refractivity contribution in [3.63, 3.8) is 0 Å². The standard InChI is InChI=1S/C11H13BrFNO4S/c1-18-11(15)3-2-6-19(16,17)14-10-7-8(13)4-5-9(10)12/h4-5,7,14H,2-3,6H2,1H3. The number of methoxy groups -OCH3 is 1. The van der Waals surface area contributed by atoms with Crippen LogP contribution in [0.25, 0.3) is 0 Å². The van der Waals surface area contributed by atoms with Gasteiger partial charge in [0.1, 0.15) is 5.82 Å². The predicted octanol–water partition coefficient (Wildman–Crippen LogP) is 2.28. The first kappa shape index (κ1) is 15.9. The molecule has 0 aliphatic heterocycles. The fourth-order valence-electron chi connectivity index (χ4n) is 1.30. The van der Waals surface area contributed by atoms with Gasteiger partial charge in [-0.1, -0.05) is 0 Å². The van der Waals surface area contributed by atoms with Crippen LogP contribution in [0.2, 0.25) is 0 Å². The van der Waals surface area contributed by atoms with E-state index in [1.54, 1.807) is 0 Å². The molecule has 0 spiro atoms. The average Bonchev–Trinajstić information content (AvgIpc) is 2.33. The number of benzene rings is 1. The van der Waals surface area contributed by atoms with Crippen molar-refractivity contribution >= 4 is 37.6 Å². The number of carbonyl (C=O) groups is 1. The lowest BCUT2D eigenvalue weighted by Crippen LogP contribution is -2.18. The number of anilines is 1. The summed E-state index contributed by atoms with van der Waals surface area (Å²) < 4.78 is 43.6. The Hall–Kier alpha value is -1.15.